The third-order valence-electron chi connectivity index (χ3n) is 2.51. The third-order valence-corrected chi connectivity index (χ3v) is 2.51. The van der Waals surface area contributed by atoms with Crippen LogP contribution in [0.1, 0.15) is 5.82 Å². The number of benzene rings is 1. The maximum Gasteiger partial charge on any atom is 0.269 e. The topological polar surface area (TPSA) is 64.2 Å². The number of nitro benzene ring substituents is 1. The summed E-state index contributed by atoms with van der Waals surface area (Å²) < 4.78 is 1.92. The quantitative estimate of drug-likeness (QED) is 0.610. The molecular weight excluding hydrogens is 232 g/mol. The van der Waals surface area contributed by atoms with Gasteiger partial charge in [0, 0.05) is 30.2 Å². The average molecular weight is 246 g/mol. The number of non-ortho nitro benzene ring substituents is 1. The van der Waals surface area contributed by atoms with E-state index in [1.54, 1.807) is 18.3 Å². The molecule has 6 heteroatoms. The van der Waals surface area contributed by atoms with E-state index in [4.69, 9.17) is 0 Å². The van der Waals surface area contributed by atoms with Crippen LogP contribution in [0, 0.1) is 10.1 Å². The minimum absolute atomic E-state index is 0.0908. The molecule has 0 spiro atoms. The Kier molecular flexibility index (Phi) is 3.38. The fraction of sp³-hybridized carbons (Fsp3) is 0.250. The summed E-state index contributed by atoms with van der Waals surface area (Å²) in [4.78, 5) is 16.5. The second-order valence-electron chi connectivity index (χ2n) is 4.22. The summed E-state index contributed by atoms with van der Waals surface area (Å²) in [6, 6.07) is 6.43. The highest BCUT2D eigenvalue weighted by Crippen LogP contribution is 2.16. The summed E-state index contributed by atoms with van der Waals surface area (Å²) in [7, 11) is 3.93. The molecule has 0 radical (unpaired) electrons. The van der Waals surface area contributed by atoms with Gasteiger partial charge in [0.2, 0.25) is 0 Å². The van der Waals surface area contributed by atoms with Crippen LogP contribution in [0.15, 0.2) is 36.7 Å². The molecule has 0 fully saturated rings. The summed E-state index contributed by atoms with van der Waals surface area (Å²) >= 11 is 0. The van der Waals surface area contributed by atoms with Gasteiger partial charge in [0.25, 0.3) is 5.69 Å². The SMILES string of the molecule is CN(C)Cc1nccn1-c1ccc([N+](=O)[O-])cc1. The van der Waals surface area contributed by atoms with Gasteiger partial charge >= 0.3 is 0 Å². The van der Waals surface area contributed by atoms with Gasteiger partial charge in [-0.3, -0.25) is 10.1 Å². The fourth-order valence-corrected chi connectivity index (χ4v) is 1.70. The molecule has 0 atom stereocenters. The van der Waals surface area contributed by atoms with Crippen molar-refractivity contribution in [2.45, 2.75) is 6.54 Å². The number of nitro groups is 1. The van der Waals surface area contributed by atoms with E-state index in [1.807, 2.05) is 29.8 Å². The van der Waals surface area contributed by atoms with Gasteiger partial charge < -0.3 is 9.47 Å². The molecular formula is C12H14N4O2. The Morgan fingerprint density at radius 1 is 1.33 bits per heavy atom. The molecule has 0 saturated carbocycles. The zero-order valence-electron chi connectivity index (χ0n) is 10.3. The van der Waals surface area contributed by atoms with E-state index in [0.29, 0.717) is 6.54 Å². The number of imidazole rings is 1. The van der Waals surface area contributed by atoms with Crippen LogP contribution in [0.3, 0.4) is 0 Å². The summed E-state index contributed by atoms with van der Waals surface area (Å²) in [6.45, 7) is 0.712. The van der Waals surface area contributed by atoms with Crippen molar-refractivity contribution in [1.82, 2.24) is 14.5 Å². The van der Waals surface area contributed by atoms with E-state index in [0.717, 1.165) is 11.5 Å². The first kappa shape index (κ1) is 12.3. The van der Waals surface area contributed by atoms with Crippen LogP contribution in [0.5, 0.6) is 0 Å². The van der Waals surface area contributed by atoms with Crippen LogP contribution >= 0.6 is 0 Å². The van der Waals surface area contributed by atoms with Crippen molar-refractivity contribution in [3.8, 4) is 5.69 Å². The molecule has 1 aromatic heterocycles. The molecule has 0 saturated heterocycles. The zero-order chi connectivity index (χ0) is 13.1. The Labute approximate surface area is 105 Å². The largest absolute Gasteiger partial charge is 0.303 e. The normalized spacial score (nSPS) is 10.8. The summed E-state index contributed by atoms with van der Waals surface area (Å²) in [6.07, 6.45) is 3.57. The molecule has 6 nitrogen and oxygen atoms in total. The summed E-state index contributed by atoms with van der Waals surface area (Å²) in [5, 5.41) is 10.6. The van der Waals surface area contributed by atoms with Crippen molar-refractivity contribution in [1.29, 1.82) is 0 Å². The predicted octanol–water partition coefficient (Wildman–Crippen LogP) is 1.84. The molecule has 0 aliphatic rings. The number of aromatic nitrogens is 2. The molecule has 0 bridgehead atoms. The maximum absolute atomic E-state index is 10.6. The van der Waals surface area contributed by atoms with E-state index < -0.39 is 4.92 Å². The van der Waals surface area contributed by atoms with E-state index in [1.165, 1.54) is 12.1 Å². The van der Waals surface area contributed by atoms with Gasteiger partial charge in [0.15, 0.2) is 0 Å². The Balaban J connectivity index is 2.31. The van der Waals surface area contributed by atoms with Crippen molar-refractivity contribution in [2.24, 2.45) is 0 Å². The molecule has 18 heavy (non-hydrogen) atoms. The van der Waals surface area contributed by atoms with Crippen LogP contribution in [-0.4, -0.2) is 33.5 Å². The van der Waals surface area contributed by atoms with Gasteiger partial charge in [-0.05, 0) is 26.2 Å². The van der Waals surface area contributed by atoms with Gasteiger partial charge in [0.05, 0.1) is 11.5 Å². The van der Waals surface area contributed by atoms with Crippen molar-refractivity contribution >= 4 is 5.69 Å². The molecule has 0 amide bonds. The first-order valence-corrected chi connectivity index (χ1v) is 5.49. The molecule has 0 aliphatic heterocycles. The predicted molar refractivity (Wildman–Crippen MR) is 67.6 cm³/mol. The Bertz CT molecular complexity index is 545. The van der Waals surface area contributed by atoms with Gasteiger partial charge in [-0.2, -0.15) is 0 Å². The number of hydrogen-bond donors (Lipinski definition) is 0. The maximum atomic E-state index is 10.6. The molecule has 94 valence electrons. The lowest BCUT2D eigenvalue weighted by Gasteiger charge is -2.11. The highest BCUT2D eigenvalue weighted by molar-refractivity contribution is 5.41. The van der Waals surface area contributed by atoms with Crippen molar-refractivity contribution in [3.63, 3.8) is 0 Å². The monoisotopic (exact) mass is 246 g/mol. The fourth-order valence-electron chi connectivity index (χ4n) is 1.70. The molecule has 2 rings (SSSR count). The molecule has 0 unspecified atom stereocenters. The van der Waals surface area contributed by atoms with Gasteiger partial charge in [0.1, 0.15) is 5.82 Å². The zero-order valence-corrected chi connectivity index (χ0v) is 10.3. The highest BCUT2D eigenvalue weighted by Gasteiger charge is 2.08. The highest BCUT2D eigenvalue weighted by atomic mass is 16.6. The number of nitrogens with zero attached hydrogens (tertiary/aromatic N) is 4. The first-order chi connectivity index (χ1) is 8.58. The summed E-state index contributed by atoms with van der Waals surface area (Å²) in [5.41, 5.74) is 0.961. The Morgan fingerprint density at radius 3 is 2.56 bits per heavy atom. The number of rotatable bonds is 4. The van der Waals surface area contributed by atoms with E-state index in [2.05, 4.69) is 4.98 Å². The van der Waals surface area contributed by atoms with E-state index in [9.17, 15) is 10.1 Å². The molecule has 0 aliphatic carbocycles. The van der Waals surface area contributed by atoms with Crippen LogP contribution < -0.4 is 0 Å². The minimum Gasteiger partial charge on any atom is -0.303 e. The lowest BCUT2D eigenvalue weighted by Crippen LogP contribution is -2.14. The average Bonchev–Trinajstić information content (AvgIpc) is 2.76. The molecule has 1 aromatic carbocycles. The van der Waals surface area contributed by atoms with Crippen molar-refractivity contribution in [2.75, 3.05) is 14.1 Å². The first-order valence-electron chi connectivity index (χ1n) is 5.49. The van der Waals surface area contributed by atoms with Crippen LogP contribution in [0.25, 0.3) is 5.69 Å². The Morgan fingerprint density at radius 2 is 2.00 bits per heavy atom. The Hall–Kier alpha value is -2.21. The lowest BCUT2D eigenvalue weighted by molar-refractivity contribution is -0.384. The standard InChI is InChI=1S/C12H14N4O2/c1-14(2)9-12-13-7-8-15(12)10-3-5-11(6-4-10)16(17)18/h3-8H,9H2,1-2H3. The molecule has 0 N–H and O–H groups in total. The third kappa shape index (κ3) is 2.54. The van der Waals surface area contributed by atoms with Crippen molar-refractivity contribution in [3.05, 3.63) is 52.6 Å². The second-order valence-corrected chi connectivity index (χ2v) is 4.22. The van der Waals surface area contributed by atoms with E-state index in [-0.39, 0.29) is 5.69 Å². The van der Waals surface area contributed by atoms with Crippen molar-refractivity contribution < 1.29 is 4.92 Å². The smallest absolute Gasteiger partial charge is 0.269 e. The molecule has 2 aromatic rings. The van der Waals surface area contributed by atoms with Gasteiger partial charge in [-0.15, -0.1) is 0 Å². The second kappa shape index (κ2) is 4.97. The molecule has 1 heterocycles. The van der Waals surface area contributed by atoms with Crippen LogP contribution in [0.2, 0.25) is 0 Å². The van der Waals surface area contributed by atoms with E-state index >= 15 is 0 Å². The van der Waals surface area contributed by atoms with Crippen LogP contribution in [-0.2, 0) is 6.54 Å². The number of hydrogen-bond acceptors (Lipinski definition) is 4. The summed E-state index contributed by atoms with van der Waals surface area (Å²) in [5.74, 6) is 0.897. The van der Waals surface area contributed by atoms with Gasteiger partial charge in [-0.1, -0.05) is 0 Å². The van der Waals surface area contributed by atoms with Gasteiger partial charge in [-0.25, -0.2) is 4.98 Å². The van der Waals surface area contributed by atoms with Crippen LogP contribution in [0.4, 0.5) is 5.69 Å². The lowest BCUT2D eigenvalue weighted by atomic mass is 10.3. The minimum atomic E-state index is -0.404.